The molecule has 118 valence electrons. The minimum absolute atomic E-state index is 0.0775. The van der Waals surface area contributed by atoms with Gasteiger partial charge in [0.15, 0.2) is 6.10 Å². The molecule has 0 heterocycles. The highest BCUT2D eigenvalue weighted by atomic mass is 35.5. The second kappa shape index (κ2) is 7.36. The van der Waals surface area contributed by atoms with Crippen molar-refractivity contribution in [2.75, 3.05) is 7.05 Å². The Kier molecular flexibility index (Phi) is 5.81. The van der Waals surface area contributed by atoms with Gasteiger partial charge in [0.2, 0.25) is 0 Å². The van der Waals surface area contributed by atoms with E-state index in [1.807, 2.05) is 5.32 Å². The standard InChI is InChI=1S/C12H12ClN3O6/c1-6(10(17)15-12(19)14-2)22-11(18)8-4-3-7(13)5-9(8)16(20)21/h3-6H,1-2H3,(H2,14,15,17,19). The molecule has 0 fully saturated rings. The second-order valence-corrected chi connectivity index (χ2v) is 4.47. The fraction of sp³-hybridized carbons (Fsp3) is 0.250. The number of nitro benzene ring substituents is 1. The zero-order valence-corrected chi connectivity index (χ0v) is 12.3. The van der Waals surface area contributed by atoms with Crippen LogP contribution in [0.3, 0.4) is 0 Å². The van der Waals surface area contributed by atoms with Crippen LogP contribution in [0.25, 0.3) is 0 Å². The fourth-order valence-electron chi connectivity index (χ4n) is 1.38. The van der Waals surface area contributed by atoms with E-state index in [0.717, 1.165) is 12.1 Å². The van der Waals surface area contributed by atoms with Crippen molar-refractivity contribution in [3.05, 3.63) is 38.9 Å². The number of carbonyl (C=O) groups is 3. The Hall–Kier alpha value is -2.68. The van der Waals surface area contributed by atoms with Gasteiger partial charge in [-0.3, -0.25) is 20.2 Å². The van der Waals surface area contributed by atoms with Crippen LogP contribution in [0.2, 0.25) is 5.02 Å². The highest BCUT2D eigenvalue weighted by Crippen LogP contribution is 2.24. The Bertz CT molecular complexity index is 633. The summed E-state index contributed by atoms with van der Waals surface area (Å²) in [7, 11) is 1.30. The first-order valence-corrected chi connectivity index (χ1v) is 6.31. The maximum absolute atomic E-state index is 11.9. The van der Waals surface area contributed by atoms with Crippen LogP contribution in [0.5, 0.6) is 0 Å². The summed E-state index contributed by atoms with van der Waals surface area (Å²) in [5, 5.41) is 15.0. The van der Waals surface area contributed by atoms with E-state index < -0.39 is 34.6 Å². The van der Waals surface area contributed by atoms with Gasteiger partial charge in [-0.15, -0.1) is 0 Å². The fourth-order valence-corrected chi connectivity index (χ4v) is 1.55. The van der Waals surface area contributed by atoms with Gasteiger partial charge in [-0.1, -0.05) is 11.6 Å². The van der Waals surface area contributed by atoms with Crippen LogP contribution in [0, 0.1) is 10.1 Å². The quantitative estimate of drug-likeness (QED) is 0.486. The normalized spacial score (nSPS) is 11.2. The molecule has 1 aromatic carbocycles. The molecule has 9 nitrogen and oxygen atoms in total. The van der Waals surface area contributed by atoms with Crippen LogP contribution in [-0.4, -0.2) is 36.0 Å². The molecule has 0 aliphatic rings. The number of nitrogens with one attached hydrogen (secondary N) is 2. The number of hydrogen-bond donors (Lipinski definition) is 2. The number of esters is 1. The molecular weight excluding hydrogens is 318 g/mol. The molecule has 0 spiro atoms. The molecule has 0 aliphatic carbocycles. The predicted octanol–water partition coefficient (Wildman–Crippen LogP) is 1.25. The summed E-state index contributed by atoms with van der Waals surface area (Å²) >= 11 is 5.63. The van der Waals surface area contributed by atoms with E-state index in [-0.39, 0.29) is 10.6 Å². The SMILES string of the molecule is CNC(=O)NC(=O)C(C)OC(=O)c1ccc(Cl)cc1[N+](=O)[O-]. The molecule has 0 saturated carbocycles. The number of benzene rings is 1. The summed E-state index contributed by atoms with van der Waals surface area (Å²) in [6, 6.07) is 2.62. The number of nitro groups is 1. The number of amides is 3. The van der Waals surface area contributed by atoms with E-state index in [0.29, 0.717) is 0 Å². The molecule has 10 heteroatoms. The van der Waals surface area contributed by atoms with Crippen molar-refractivity contribution in [2.45, 2.75) is 13.0 Å². The third kappa shape index (κ3) is 4.42. The van der Waals surface area contributed by atoms with Gasteiger partial charge in [-0.05, 0) is 19.1 Å². The summed E-state index contributed by atoms with van der Waals surface area (Å²) in [5.41, 5.74) is -0.898. The van der Waals surface area contributed by atoms with Crippen LogP contribution in [-0.2, 0) is 9.53 Å². The average Bonchev–Trinajstić information content (AvgIpc) is 2.46. The van der Waals surface area contributed by atoms with Crippen LogP contribution < -0.4 is 10.6 Å². The zero-order chi connectivity index (χ0) is 16.9. The molecule has 1 unspecified atom stereocenters. The van der Waals surface area contributed by atoms with E-state index in [1.165, 1.54) is 20.0 Å². The minimum atomic E-state index is -1.32. The largest absolute Gasteiger partial charge is 0.449 e. The molecule has 1 atom stereocenters. The van der Waals surface area contributed by atoms with Crippen LogP contribution in [0.4, 0.5) is 10.5 Å². The van der Waals surface area contributed by atoms with Gasteiger partial charge >= 0.3 is 12.0 Å². The topological polar surface area (TPSA) is 128 Å². The van der Waals surface area contributed by atoms with Crippen LogP contribution >= 0.6 is 11.6 Å². The number of rotatable bonds is 4. The summed E-state index contributed by atoms with van der Waals surface area (Å²) in [6.45, 7) is 1.22. The Morgan fingerprint density at radius 1 is 1.36 bits per heavy atom. The molecule has 0 bridgehead atoms. The van der Waals surface area contributed by atoms with Gasteiger partial charge in [0.25, 0.3) is 11.6 Å². The van der Waals surface area contributed by atoms with Gasteiger partial charge in [0.05, 0.1) is 4.92 Å². The minimum Gasteiger partial charge on any atom is -0.449 e. The molecule has 0 saturated heterocycles. The van der Waals surface area contributed by atoms with Crippen molar-refractivity contribution >= 4 is 35.2 Å². The molecule has 1 aromatic rings. The van der Waals surface area contributed by atoms with Gasteiger partial charge < -0.3 is 10.1 Å². The lowest BCUT2D eigenvalue weighted by Gasteiger charge is -2.12. The molecule has 22 heavy (non-hydrogen) atoms. The molecule has 1 rings (SSSR count). The monoisotopic (exact) mass is 329 g/mol. The highest BCUT2D eigenvalue weighted by molar-refractivity contribution is 6.31. The Labute approximate surface area is 129 Å². The molecule has 2 N–H and O–H groups in total. The van der Waals surface area contributed by atoms with E-state index in [4.69, 9.17) is 16.3 Å². The van der Waals surface area contributed by atoms with E-state index in [2.05, 4.69) is 5.32 Å². The Morgan fingerprint density at radius 2 is 2.00 bits per heavy atom. The number of ether oxygens (including phenoxy) is 1. The van der Waals surface area contributed by atoms with E-state index in [9.17, 15) is 24.5 Å². The van der Waals surface area contributed by atoms with Crippen LogP contribution in [0.1, 0.15) is 17.3 Å². The number of imide groups is 1. The molecule has 3 amide bonds. The highest BCUT2D eigenvalue weighted by Gasteiger charge is 2.26. The maximum atomic E-state index is 11.9. The lowest BCUT2D eigenvalue weighted by Crippen LogP contribution is -2.43. The van der Waals surface area contributed by atoms with Crippen molar-refractivity contribution in [1.82, 2.24) is 10.6 Å². The van der Waals surface area contributed by atoms with Crippen molar-refractivity contribution in [1.29, 1.82) is 0 Å². The van der Waals surface area contributed by atoms with Gasteiger partial charge in [-0.25, -0.2) is 9.59 Å². The number of carbonyl (C=O) groups excluding carboxylic acids is 3. The lowest BCUT2D eigenvalue weighted by atomic mass is 10.2. The number of hydrogen-bond acceptors (Lipinski definition) is 6. The Balaban J connectivity index is 2.87. The third-order valence-electron chi connectivity index (χ3n) is 2.49. The van der Waals surface area contributed by atoms with Crippen molar-refractivity contribution in [2.24, 2.45) is 0 Å². The molecule has 0 radical (unpaired) electrons. The number of urea groups is 1. The first-order valence-electron chi connectivity index (χ1n) is 5.93. The van der Waals surface area contributed by atoms with Crippen molar-refractivity contribution < 1.29 is 24.0 Å². The van der Waals surface area contributed by atoms with Crippen molar-refractivity contribution in [3.8, 4) is 0 Å². The molecule has 0 aromatic heterocycles. The third-order valence-corrected chi connectivity index (χ3v) is 2.73. The predicted molar refractivity (Wildman–Crippen MR) is 75.6 cm³/mol. The summed E-state index contributed by atoms with van der Waals surface area (Å²) in [6.07, 6.45) is -1.32. The molecule has 0 aliphatic heterocycles. The van der Waals surface area contributed by atoms with Gasteiger partial charge in [0, 0.05) is 18.1 Å². The summed E-state index contributed by atoms with van der Waals surface area (Å²) in [4.78, 5) is 44.5. The van der Waals surface area contributed by atoms with E-state index >= 15 is 0 Å². The summed E-state index contributed by atoms with van der Waals surface area (Å²) < 4.78 is 4.80. The summed E-state index contributed by atoms with van der Waals surface area (Å²) in [5.74, 6) is -1.95. The maximum Gasteiger partial charge on any atom is 0.345 e. The first kappa shape index (κ1) is 17.4. The average molecular weight is 330 g/mol. The second-order valence-electron chi connectivity index (χ2n) is 4.03. The number of halogens is 1. The first-order chi connectivity index (χ1) is 10.3. The Morgan fingerprint density at radius 3 is 2.55 bits per heavy atom. The smallest absolute Gasteiger partial charge is 0.345 e. The van der Waals surface area contributed by atoms with Gasteiger partial charge in [0.1, 0.15) is 5.56 Å². The lowest BCUT2D eigenvalue weighted by molar-refractivity contribution is -0.385. The zero-order valence-electron chi connectivity index (χ0n) is 11.6. The van der Waals surface area contributed by atoms with E-state index in [1.54, 1.807) is 0 Å². The van der Waals surface area contributed by atoms with Crippen molar-refractivity contribution in [3.63, 3.8) is 0 Å². The van der Waals surface area contributed by atoms with Crippen LogP contribution in [0.15, 0.2) is 18.2 Å². The number of nitrogens with zero attached hydrogens (tertiary/aromatic N) is 1. The molecular formula is C12H12ClN3O6. The van der Waals surface area contributed by atoms with Gasteiger partial charge in [-0.2, -0.15) is 0 Å².